The van der Waals surface area contributed by atoms with Crippen molar-refractivity contribution < 1.29 is 14.3 Å². The van der Waals surface area contributed by atoms with Crippen LogP contribution >= 0.6 is 0 Å². The van der Waals surface area contributed by atoms with Crippen molar-refractivity contribution in [2.75, 3.05) is 0 Å². The number of hydrogen-bond acceptors (Lipinski definition) is 3. The standard InChI is InChI=1S/C15H16O3/c1-10(2)17-13-8-4-6-12-7-5-9-14(15(12)13)18-11(3)16/h4-10H,1-3H3. The van der Waals surface area contributed by atoms with Gasteiger partial charge in [-0.2, -0.15) is 0 Å². The second kappa shape index (κ2) is 5.08. The summed E-state index contributed by atoms with van der Waals surface area (Å²) in [5.41, 5.74) is 0. The molecule has 18 heavy (non-hydrogen) atoms. The Kier molecular flexibility index (Phi) is 3.51. The molecule has 0 unspecified atom stereocenters. The molecular weight excluding hydrogens is 228 g/mol. The van der Waals surface area contributed by atoms with Gasteiger partial charge in [0.05, 0.1) is 11.5 Å². The van der Waals surface area contributed by atoms with Crippen molar-refractivity contribution in [3.05, 3.63) is 36.4 Å². The average molecular weight is 244 g/mol. The molecule has 0 saturated carbocycles. The molecule has 0 spiro atoms. The molecule has 3 heteroatoms. The molecule has 0 bridgehead atoms. The van der Waals surface area contributed by atoms with Crippen molar-refractivity contribution in [1.29, 1.82) is 0 Å². The Hall–Kier alpha value is -2.03. The van der Waals surface area contributed by atoms with Gasteiger partial charge in [-0.05, 0) is 31.4 Å². The minimum Gasteiger partial charge on any atom is -0.490 e. The molecule has 0 aliphatic rings. The first-order valence-corrected chi connectivity index (χ1v) is 5.94. The molecule has 0 aromatic heterocycles. The van der Waals surface area contributed by atoms with Gasteiger partial charge in [-0.1, -0.05) is 24.3 Å². The first kappa shape index (κ1) is 12.4. The van der Waals surface area contributed by atoms with E-state index < -0.39 is 0 Å². The molecule has 2 rings (SSSR count). The Morgan fingerprint density at radius 2 is 1.67 bits per heavy atom. The minimum absolute atomic E-state index is 0.0704. The van der Waals surface area contributed by atoms with Crippen LogP contribution in [0.25, 0.3) is 10.8 Å². The molecule has 0 N–H and O–H groups in total. The summed E-state index contributed by atoms with van der Waals surface area (Å²) in [6.45, 7) is 5.32. The molecule has 0 heterocycles. The zero-order valence-corrected chi connectivity index (χ0v) is 10.8. The SMILES string of the molecule is CC(=O)Oc1cccc2cccc(OC(C)C)c12. The summed E-state index contributed by atoms with van der Waals surface area (Å²) in [4.78, 5) is 11.1. The number of hydrogen-bond donors (Lipinski definition) is 0. The fourth-order valence-electron chi connectivity index (χ4n) is 1.87. The van der Waals surface area contributed by atoms with Gasteiger partial charge < -0.3 is 9.47 Å². The predicted molar refractivity (Wildman–Crippen MR) is 71.0 cm³/mol. The minimum atomic E-state index is -0.332. The van der Waals surface area contributed by atoms with Crippen molar-refractivity contribution in [2.24, 2.45) is 0 Å². The average Bonchev–Trinajstić information content (AvgIpc) is 2.27. The van der Waals surface area contributed by atoms with Crippen molar-refractivity contribution in [2.45, 2.75) is 26.9 Å². The van der Waals surface area contributed by atoms with E-state index in [0.717, 1.165) is 16.5 Å². The van der Waals surface area contributed by atoms with Crippen LogP contribution < -0.4 is 9.47 Å². The molecule has 0 aliphatic carbocycles. The second-order valence-electron chi connectivity index (χ2n) is 4.37. The van der Waals surface area contributed by atoms with E-state index >= 15 is 0 Å². The van der Waals surface area contributed by atoms with Gasteiger partial charge in [0.25, 0.3) is 0 Å². The van der Waals surface area contributed by atoms with E-state index in [2.05, 4.69) is 0 Å². The highest BCUT2D eigenvalue weighted by atomic mass is 16.5. The lowest BCUT2D eigenvalue weighted by atomic mass is 10.1. The van der Waals surface area contributed by atoms with Crippen molar-refractivity contribution >= 4 is 16.7 Å². The summed E-state index contributed by atoms with van der Waals surface area (Å²) in [6.07, 6.45) is 0.0704. The topological polar surface area (TPSA) is 35.5 Å². The fourth-order valence-corrected chi connectivity index (χ4v) is 1.87. The molecule has 0 aliphatic heterocycles. The third-order valence-electron chi connectivity index (χ3n) is 2.44. The van der Waals surface area contributed by atoms with E-state index in [1.54, 1.807) is 6.07 Å². The third-order valence-corrected chi connectivity index (χ3v) is 2.44. The highest BCUT2D eigenvalue weighted by molar-refractivity contribution is 5.95. The van der Waals surface area contributed by atoms with Crippen LogP contribution in [0, 0.1) is 0 Å². The second-order valence-corrected chi connectivity index (χ2v) is 4.37. The van der Waals surface area contributed by atoms with Crippen LogP contribution in [0.15, 0.2) is 36.4 Å². The number of carbonyl (C=O) groups excluding carboxylic acids is 1. The molecule has 0 atom stereocenters. The van der Waals surface area contributed by atoms with Crippen LogP contribution in [0.5, 0.6) is 11.5 Å². The summed E-state index contributed by atoms with van der Waals surface area (Å²) >= 11 is 0. The molecule has 0 radical (unpaired) electrons. The lowest BCUT2D eigenvalue weighted by Crippen LogP contribution is -2.07. The Balaban J connectivity index is 2.59. The maximum atomic E-state index is 11.1. The molecule has 94 valence electrons. The van der Waals surface area contributed by atoms with Crippen LogP contribution in [-0.4, -0.2) is 12.1 Å². The lowest BCUT2D eigenvalue weighted by Gasteiger charge is -2.14. The highest BCUT2D eigenvalue weighted by Crippen LogP contribution is 2.34. The van der Waals surface area contributed by atoms with E-state index in [-0.39, 0.29) is 12.1 Å². The Bertz CT molecular complexity index is 568. The van der Waals surface area contributed by atoms with Crippen molar-refractivity contribution in [3.63, 3.8) is 0 Å². The number of rotatable bonds is 3. The molecule has 2 aromatic rings. The normalized spacial score (nSPS) is 10.7. The number of fused-ring (bicyclic) bond motifs is 1. The molecule has 3 nitrogen and oxygen atoms in total. The number of esters is 1. The maximum Gasteiger partial charge on any atom is 0.308 e. The first-order valence-electron chi connectivity index (χ1n) is 5.94. The van der Waals surface area contributed by atoms with E-state index in [1.807, 2.05) is 44.2 Å². The van der Waals surface area contributed by atoms with Crippen LogP contribution in [0.3, 0.4) is 0 Å². The lowest BCUT2D eigenvalue weighted by molar-refractivity contribution is -0.131. The quantitative estimate of drug-likeness (QED) is 0.611. The van der Waals surface area contributed by atoms with Crippen LogP contribution in [-0.2, 0) is 4.79 Å². The molecule has 0 saturated heterocycles. The summed E-state index contributed by atoms with van der Waals surface area (Å²) in [5, 5.41) is 1.83. The van der Waals surface area contributed by atoms with Gasteiger partial charge in [-0.25, -0.2) is 0 Å². The molecule has 2 aromatic carbocycles. The zero-order valence-electron chi connectivity index (χ0n) is 10.8. The number of benzene rings is 2. The van der Waals surface area contributed by atoms with E-state index in [1.165, 1.54) is 6.92 Å². The van der Waals surface area contributed by atoms with Gasteiger partial charge in [-0.3, -0.25) is 4.79 Å². The predicted octanol–water partition coefficient (Wildman–Crippen LogP) is 3.55. The van der Waals surface area contributed by atoms with Gasteiger partial charge >= 0.3 is 5.97 Å². The van der Waals surface area contributed by atoms with Gasteiger partial charge in [-0.15, -0.1) is 0 Å². The third kappa shape index (κ3) is 2.62. The largest absolute Gasteiger partial charge is 0.490 e. The number of carbonyl (C=O) groups is 1. The van der Waals surface area contributed by atoms with Gasteiger partial charge in [0.1, 0.15) is 11.5 Å². The molecule has 0 amide bonds. The first-order chi connectivity index (χ1) is 8.58. The zero-order chi connectivity index (χ0) is 13.1. The molecular formula is C15H16O3. The smallest absolute Gasteiger partial charge is 0.308 e. The van der Waals surface area contributed by atoms with Crippen molar-refractivity contribution in [3.8, 4) is 11.5 Å². The van der Waals surface area contributed by atoms with Gasteiger partial charge in [0.15, 0.2) is 0 Å². The Morgan fingerprint density at radius 3 is 2.22 bits per heavy atom. The molecule has 0 fully saturated rings. The summed E-state index contributed by atoms with van der Waals surface area (Å²) in [6, 6.07) is 11.4. The van der Waals surface area contributed by atoms with E-state index in [4.69, 9.17) is 9.47 Å². The maximum absolute atomic E-state index is 11.1. The summed E-state index contributed by atoms with van der Waals surface area (Å²) < 4.78 is 11.0. The fraction of sp³-hybridized carbons (Fsp3) is 0.267. The highest BCUT2D eigenvalue weighted by Gasteiger charge is 2.10. The Labute approximate surface area is 106 Å². The Morgan fingerprint density at radius 1 is 1.06 bits per heavy atom. The van der Waals surface area contributed by atoms with Crippen LogP contribution in [0.4, 0.5) is 0 Å². The van der Waals surface area contributed by atoms with E-state index in [0.29, 0.717) is 5.75 Å². The van der Waals surface area contributed by atoms with Gasteiger partial charge in [0.2, 0.25) is 0 Å². The van der Waals surface area contributed by atoms with Gasteiger partial charge in [0, 0.05) is 6.92 Å². The van der Waals surface area contributed by atoms with Crippen LogP contribution in [0.1, 0.15) is 20.8 Å². The van der Waals surface area contributed by atoms with Crippen molar-refractivity contribution in [1.82, 2.24) is 0 Å². The van der Waals surface area contributed by atoms with Crippen LogP contribution in [0.2, 0.25) is 0 Å². The monoisotopic (exact) mass is 244 g/mol. The summed E-state index contributed by atoms with van der Waals surface area (Å²) in [5.74, 6) is 0.942. The summed E-state index contributed by atoms with van der Waals surface area (Å²) in [7, 11) is 0. The van der Waals surface area contributed by atoms with E-state index in [9.17, 15) is 4.79 Å². The number of ether oxygens (including phenoxy) is 2.